The second-order valence-electron chi connectivity index (χ2n) is 4.52. The number of hydrogen-bond donors (Lipinski definition) is 1. The summed E-state index contributed by atoms with van der Waals surface area (Å²) in [5.41, 5.74) is 0.204. The van der Waals surface area contributed by atoms with E-state index in [9.17, 15) is 13.2 Å². The fourth-order valence-corrected chi connectivity index (χ4v) is 2.34. The lowest BCUT2D eigenvalue weighted by molar-refractivity contribution is -0.137. The lowest BCUT2D eigenvalue weighted by Gasteiger charge is -2.19. The van der Waals surface area contributed by atoms with Gasteiger partial charge in [0.25, 0.3) is 0 Å². The van der Waals surface area contributed by atoms with E-state index in [0.29, 0.717) is 12.5 Å². The normalized spacial score (nSPS) is 24.4. The second-order valence-corrected chi connectivity index (χ2v) is 4.52. The van der Waals surface area contributed by atoms with Crippen LogP contribution in [0.4, 0.5) is 13.2 Å². The molecule has 0 bridgehead atoms. The van der Waals surface area contributed by atoms with Crippen LogP contribution in [-0.4, -0.2) is 20.2 Å². The molecule has 0 aliphatic carbocycles. The molecule has 1 aromatic rings. The molecule has 100 valence electrons. The molecule has 0 aromatic heterocycles. The summed E-state index contributed by atoms with van der Waals surface area (Å²) in [7, 11) is 1.86. The molecule has 18 heavy (non-hydrogen) atoms. The summed E-state index contributed by atoms with van der Waals surface area (Å²) in [5.74, 6) is 0.326. The highest BCUT2D eigenvalue weighted by molar-refractivity contribution is 5.27. The first-order chi connectivity index (χ1) is 8.52. The summed E-state index contributed by atoms with van der Waals surface area (Å²) in [6.07, 6.45) is -3.44. The predicted molar refractivity (Wildman–Crippen MR) is 62.2 cm³/mol. The highest BCUT2D eigenvalue weighted by Crippen LogP contribution is 2.36. The lowest BCUT2D eigenvalue weighted by atomic mass is 9.94. The number of rotatable bonds is 3. The molecule has 1 N–H and O–H groups in total. The summed E-state index contributed by atoms with van der Waals surface area (Å²) >= 11 is 0. The van der Waals surface area contributed by atoms with Gasteiger partial charge < -0.3 is 10.1 Å². The fourth-order valence-electron chi connectivity index (χ4n) is 2.34. The zero-order chi connectivity index (χ0) is 13.2. The van der Waals surface area contributed by atoms with Crippen LogP contribution in [0.15, 0.2) is 24.3 Å². The van der Waals surface area contributed by atoms with Crippen molar-refractivity contribution in [2.24, 2.45) is 5.92 Å². The van der Waals surface area contributed by atoms with E-state index < -0.39 is 11.7 Å². The fraction of sp³-hybridized carbons (Fsp3) is 0.538. The van der Waals surface area contributed by atoms with Gasteiger partial charge in [-0.2, -0.15) is 13.2 Å². The summed E-state index contributed by atoms with van der Waals surface area (Å²) in [6, 6.07) is 5.27. The van der Waals surface area contributed by atoms with Crippen molar-refractivity contribution >= 4 is 0 Å². The van der Waals surface area contributed by atoms with Crippen LogP contribution in [-0.2, 0) is 10.9 Å². The van der Waals surface area contributed by atoms with Crippen LogP contribution in [0.1, 0.15) is 23.7 Å². The van der Waals surface area contributed by atoms with Crippen molar-refractivity contribution in [3.63, 3.8) is 0 Å². The number of alkyl halides is 3. The summed E-state index contributed by atoms with van der Waals surface area (Å²) < 4.78 is 43.0. The first-order valence-corrected chi connectivity index (χ1v) is 5.95. The van der Waals surface area contributed by atoms with Gasteiger partial charge in [-0.25, -0.2) is 0 Å². The van der Waals surface area contributed by atoms with Gasteiger partial charge in [-0.1, -0.05) is 12.1 Å². The van der Waals surface area contributed by atoms with Gasteiger partial charge >= 0.3 is 6.18 Å². The molecule has 0 saturated carbocycles. The molecule has 2 rings (SSSR count). The van der Waals surface area contributed by atoms with Crippen molar-refractivity contribution < 1.29 is 17.9 Å². The Bertz CT molecular complexity index is 388. The van der Waals surface area contributed by atoms with Crippen LogP contribution in [0.2, 0.25) is 0 Å². The Balaban J connectivity index is 2.14. The monoisotopic (exact) mass is 259 g/mol. The van der Waals surface area contributed by atoms with E-state index in [2.05, 4.69) is 5.32 Å². The molecule has 2 nitrogen and oxygen atoms in total. The molecule has 1 aliphatic heterocycles. The lowest BCUT2D eigenvalue weighted by Crippen LogP contribution is -2.21. The maximum atomic E-state index is 12.5. The average Bonchev–Trinajstić information content (AvgIpc) is 2.77. The van der Waals surface area contributed by atoms with E-state index in [1.54, 1.807) is 0 Å². The minimum atomic E-state index is -4.28. The van der Waals surface area contributed by atoms with Gasteiger partial charge in [-0.05, 0) is 31.2 Å². The number of hydrogen-bond acceptors (Lipinski definition) is 2. The molecule has 0 radical (unpaired) electrons. The minimum Gasteiger partial charge on any atom is -0.373 e. The number of nitrogens with one attached hydrogen (secondary N) is 1. The smallest absolute Gasteiger partial charge is 0.373 e. The molecule has 2 unspecified atom stereocenters. The maximum absolute atomic E-state index is 12.5. The molecule has 1 heterocycles. The zero-order valence-corrected chi connectivity index (χ0v) is 10.1. The molecule has 1 saturated heterocycles. The molecule has 0 spiro atoms. The third kappa shape index (κ3) is 2.84. The van der Waals surface area contributed by atoms with Crippen LogP contribution in [0.3, 0.4) is 0 Å². The van der Waals surface area contributed by atoms with Gasteiger partial charge in [0, 0.05) is 19.1 Å². The molecule has 5 heteroatoms. The van der Waals surface area contributed by atoms with Gasteiger partial charge in [0.2, 0.25) is 0 Å². The minimum absolute atomic E-state index is 0.0975. The summed E-state index contributed by atoms with van der Waals surface area (Å²) in [4.78, 5) is 0. The van der Waals surface area contributed by atoms with Gasteiger partial charge in [0.05, 0.1) is 11.7 Å². The Morgan fingerprint density at radius 3 is 2.50 bits per heavy atom. The molecule has 1 aromatic carbocycles. The highest BCUT2D eigenvalue weighted by Gasteiger charge is 2.32. The van der Waals surface area contributed by atoms with Crippen LogP contribution < -0.4 is 5.32 Å². The van der Waals surface area contributed by atoms with Gasteiger partial charge in [-0.3, -0.25) is 0 Å². The highest BCUT2D eigenvalue weighted by atomic mass is 19.4. The summed E-state index contributed by atoms with van der Waals surface area (Å²) in [6.45, 7) is 1.48. The van der Waals surface area contributed by atoms with Crippen LogP contribution in [0, 0.1) is 5.92 Å². The first-order valence-electron chi connectivity index (χ1n) is 5.95. The number of halogens is 3. The van der Waals surface area contributed by atoms with Gasteiger partial charge in [0.1, 0.15) is 0 Å². The van der Waals surface area contributed by atoms with E-state index in [4.69, 9.17) is 4.74 Å². The zero-order valence-electron chi connectivity index (χ0n) is 10.1. The van der Waals surface area contributed by atoms with Crippen molar-refractivity contribution in [1.29, 1.82) is 0 Å². The first kappa shape index (κ1) is 13.4. The maximum Gasteiger partial charge on any atom is 0.416 e. The van der Waals surface area contributed by atoms with Crippen molar-refractivity contribution in [3.05, 3.63) is 35.4 Å². The third-order valence-electron chi connectivity index (χ3n) is 3.25. The van der Waals surface area contributed by atoms with Crippen molar-refractivity contribution in [2.45, 2.75) is 18.7 Å². The molecular weight excluding hydrogens is 243 g/mol. The molecule has 1 fully saturated rings. The van der Waals surface area contributed by atoms with Crippen molar-refractivity contribution in [3.8, 4) is 0 Å². The van der Waals surface area contributed by atoms with Crippen LogP contribution in [0.5, 0.6) is 0 Å². The Morgan fingerprint density at radius 1 is 1.28 bits per heavy atom. The number of benzene rings is 1. The van der Waals surface area contributed by atoms with Crippen LogP contribution >= 0.6 is 0 Å². The average molecular weight is 259 g/mol. The van der Waals surface area contributed by atoms with E-state index in [0.717, 1.165) is 30.7 Å². The summed E-state index contributed by atoms with van der Waals surface area (Å²) in [5, 5.41) is 3.09. The van der Waals surface area contributed by atoms with Gasteiger partial charge in [-0.15, -0.1) is 0 Å². The SMILES string of the molecule is CNCC1CCOC1c1ccc(C(F)(F)F)cc1. The van der Waals surface area contributed by atoms with E-state index >= 15 is 0 Å². The standard InChI is InChI=1S/C13H16F3NO/c1-17-8-10-6-7-18-12(10)9-2-4-11(5-3-9)13(14,15)16/h2-5,10,12,17H,6-8H2,1H3. The Morgan fingerprint density at radius 2 is 1.94 bits per heavy atom. The van der Waals surface area contributed by atoms with E-state index in [1.807, 2.05) is 7.05 Å². The van der Waals surface area contributed by atoms with Crippen molar-refractivity contribution in [2.75, 3.05) is 20.2 Å². The van der Waals surface area contributed by atoms with Crippen LogP contribution in [0.25, 0.3) is 0 Å². The Kier molecular flexibility index (Phi) is 3.92. The third-order valence-corrected chi connectivity index (χ3v) is 3.25. The van der Waals surface area contributed by atoms with E-state index in [-0.39, 0.29) is 6.10 Å². The van der Waals surface area contributed by atoms with E-state index in [1.165, 1.54) is 12.1 Å². The predicted octanol–water partition coefficient (Wildman–Crippen LogP) is 3.00. The van der Waals surface area contributed by atoms with Crippen molar-refractivity contribution in [1.82, 2.24) is 5.32 Å². The molecule has 2 atom stereocenters. The quantitative estimate of drug-likeness (QED) is 0.901. The molecule has 0 amide bonds. The number of ether oxygens (including phenoxy) is 1. The largest absolute Gasteiger partial charge is 0.416 e. The Hall–Kier alpha value is -1.07. The molecular formula is C13H16F3NO. The van der Waals surface area contributed by atoms with Gasteiger partial charge in [0.15, 0.2) is 0 Å². The molecule has 1 aliphatic rings. The second kappa shape index (κ2) is 5.28. The topological polar surface area (TPSA) is 21.3 Å². The Labute approximate surface area is 104 Å².